The Morgan fingerprint density at radius 3 is 1.86 bits per heavy atom. The molecule has 1 aliphatic heterocycles. The van der Waals surface area contributed by atoms with Gasteiger partial charge >= 0.3 is 29.8 Å². The third-order valence-electron chi connectivity index (χ3n) is 9.51. The maximum atomic E-state index is 12.7. The average molecular weight is 593 g/mol. The van der Waals surface area contributed by atoms with Crippen LogP contribution in [0.4, 0.5) is 0 Å². The van der Waals surface area contributed by atoms with Gasteiger partial charge < -0.3 is 33.5 Å². The number of hydrogen-bond acceptors (Lipinski definition) is 12. The first kappa shape index (κ1) is 31.7. The summed E-state index contributed by atoms with van der Waals surface area (Å²) in [5, 5.41) is 12.5. The Labute approximate surface area is 244 Å². The van der Waals surface area contributed by atoms with E-state index in [9.17, 15) is 29.1 Å². The number of aliphatic hydroxyl groups is 1. The fourth-order valence-electron chi connectivity index (χ4n) is 8.15. The van der Waals surface area contributed by atoms with E-state index in [1.165, 1.54) is 34.6 Å². The number of fused-ring (bicyclic) bond motifs is 2. The van der Waals surface area contributed by atoms with E-state index in [-0.39, 0.29) is 19.4 Å². The monoisotopic (exact) mass is 592 g/mol. The highest BCUT2D eigenvalue weighted by molar-refractivity contribution is 5.70. The van der Waals surface area contributed by atoms with Crippen molar-refractivity contribution in [1.29, 1.82) is 0 Å². The number of carbonyl (C=O) groups excluding carboxylic acids is 5. The van der Waals surface area contributed by atoms with Gasteiger partial charge in [0.05, 0.1) is 18.1 Å². The predicted octanol–water partition coefficient (Wildman–Crippen LogP) is 2.10. The molecule has 2 saturated carbocycles. The van der Waals surface area contributed by atoms with Gasteiger partial charge in [0, 0.05) is 58.8 Å². The van der Waals surface area contributed by atoms with Gasteiger partial charge in [0.15, 0.2) is 12.2 Å². The molecule has 3 fully saturated rings. The molecule has 4 aliphatic rings. The number of carbonyl (C=O) groups is 5. The van der Waals surface area contributed by atoms with E-state index < -0.39 is 88.8 Å². The van der Waals surface area contributed by atoms with Crippen LogP contribution in [0.1, 0.15) is 68.2 Å². The highest BCUT2D eigenvalue weighted by Crippen LogP contribution is 2.68. The number of rotatable bonds is 6. The lowest BCUT2D eigenvalue weighted by Crippen LogP contribution is -2.70. The third-order valence-corrected chi connectivity index (χ3v) is 9.51. The number of ether oxygens (including phenoxy) is 6. The highest BCUT2D eigenvalue weighted by atomic mass is 16.6. The van der Waals surface area contributed by atoms with Gasteiger partial charge in [0.1, 0.15) is 23.9 Å². The Kier molecular flexibility index (Phi) is 8.14. The molecule has 10 atom stereocenters. The molecule has 0 aromatic carbocycles. The molecule has 1 N–H and O–H groups in total. The van der Waals surface area contributed by atoms with E-state index in [0.29, 0.717) is 16.7 Å². The van der Waals surface area contributed by atoms with Gasteiger partial charge in [-0.25, -0.2) is 0 Å². The van der Waals surface area contributed by atoms with Crippen molar-refractivity contribution in [3.63, 3.8) is 0 Å². The van der Waals surface area contributed by atoms with Crippen molar-refractivity contribution >= 4 is 29.8 Å². The van der Waals surface area contributed by atoms with Crippen molar-refractivity contribution in [1.82, 2.24) is 0 Å². The molecule has 0 unspecified atom stereocenters. The fraction of sp³-hybridized carbons (Fsp3) is 0.700. The lowest BCUT2D eigenvalue weighted by Gasteiger charge is -2.56. The minimum atomic E-state index is -1.84. The van der Waals surface area contributed by atoms with Crippen LogP contribution in [-0.4, -0.2) is 83.8 Å². The smallest absolute Gasteiger partial charge is 0.303 e. The largest absolute Gasteiger partial charge is 0.462 e. The van der Waals surface area contributed by atoms with Gasteiger partial charge in [-0.15, -0.1) is 0 Å². The summed E-state index contributed by atoms with van der Waals surface area (Å²) >= 11 is 0. The molecule has 3 aliphatic carbocycles. The summed E-state index contributed by atoms with van der Waals surface area (Å²) in [5.74, 6) is -4.27. The standard InChI is InChI=1S/C30H40O12/c1-13(2)29-11-20(38-15(4)31)14(3)23(29)24(41-18(7)34)26(42-19(8)35)28(9)21(39-16(5)32)10-22(40-17(6)33)30(36)12-37-27(29)25(28)30/h20-22,24-27,36H,1,10-12H2,2-9H3/t20-,21-,22-,24+,25-,26-,27-,28+,29-,30-/m0/s1. The molecule has 42 heavy (non-hydrogen) atoms. The molecule has 1 heterocycles. The zero-order valence-corrected chi connectivity index (χ0v) is 25.3. The second-order valence-corrected chi connectivity index (χ2v) is 12.2. The molecule has 0 bridgehead atoms. The molecule has 1 saturated heterocycles. The van der Waals surface area contributed by atoms with E-state index in [0.717, 1.165) is 0 Å². The Morgan fingerprint density at radius 1 is 0.833 bits per heavy atom. The molecular formula is C30H40O12. The second kappa shape index (κ2) is 10.8. The van der Waals surface area contributed by atoms with Crippen LogP contribution in [0.15, 0.2) is 23.3 Å². The van der Waals surface area contributed by atoms with Crippen LogP contribution in [0.2, 0.25) is 0 Å². The van der Waals surface area contributed by atoms with Gasteiger partial charge in [-0.05, 0) is 25.0 Å². The summed E-state index contributed by atoms with van der Waals surface area (Å²) in [6.45, 7) is 15.3. The predicted molar refractivity (Wildman–Crippen MR) is 143 cm³/mol. The van der Waals surface area contributed by atoms with Crippen molar-refractivity contribution in [2.24, 2.45) is 16.7 Å². The van der Waals surface area contributed by atoms with E-state index in [2.05, 4.69) is 6.58 Å². The van der Waals surface area contributed by atoms with Gasteiger partial charge in [0.2, 0.25) is 0 Å². The average Bonchev–Trinajstić information content (AvgIpc) is 3.32. The SMILES string of the molecule is C=C(C)[C@@]12C[C@H](OC(C)=O)C(C)=C1[C@@H](OC(C)=O)[C@H](OC(C)=O)[C@]1(C)[C@@H](OC(C)=O)C[C@H](OC(C)=O)[C@@]3(O)CO[C@H]2[C@H]31. The van der Waals surface area contributed by atoms with Gasteiger partial charge in [-0.2, -0.15) is 0 Å². The van der Waals surface area contributed by atoms with Crippen LogP contribution >= 0.6 is 0 Å². The zero-order valence-electron chi connectivity index (χ0n) is 25.3. The first-order valence-corrected chi connectivity index (χ1v) is 14.0. The first-order valence-electron chi connectivity index (χ1n) is 14.0. The van der Waals surface area contributed by atoms with Gasteiger partial charge in [0.25, 0.3) is 0 Å². The van der Waals surface area contributed by atoms with Crippen LogP contribution < -0.4 is 0 Å². The number of hydrogen-bond donors (Lipinski definition) is 1. The Hall–Kier alpha value is -3.25. The van der Waals surface area contributed by atoms with Crippen LogP contribution in [0, 0.1) is 16.7 Å². The molecule has 12 heteroatoms. The van der Waals surface area contributed by atoms with Crippen molar-refractivity contribution in [3.05, 3.63) is 23.3 Å². The molecule has 232 valence electrons. The first-order chi connectivity index (χ1) is 19.4. The Balaban J connectivity index is 2.12. The summed E-state index contributed by atoms with van der Waals surface area (Å²) < 4.78 is 35.6. The lowest BCUT2D eigenvalue weighted by molar-refractivity contribution is -0.252. The molecule has 0 radical (unpaired) electrons. The minimum Gasteiger partial charge on any atom is -0.462 e. The molecule has 0 aromatic heterocycles. The highest BCUT2D eigenvalue weighted by Gasteiger charge is 2.78. The summed E-state index contributed by atoms with van der Waals surface area (Å²) in [6, 6.07) is 0. The van der Waals surface area contributed by atoms with Gasteiger partial charge in [-0.1, -0.05) is 19.1 Å². The van der Waals surface area contributed by atoms with Crippen LogP contribution in [0.25, 0.3) is 0 Å². The van der Waals surface area contributed by atoms with E-state index in [1.807, 2.05) is 0 Å². The molecule has 0 amide bonds. The molecule has 0 aromatic rings. The molecule has 0 spiro atoms. The second-order valence-electron chi connectivity index (χ2n) is 12.2. The summed E-state index contributed by atoms with van der Waals surface area (Å²) in [6.07, 6.45) is -6.54. The van der Waals surface area contributed by atoms with Crippen molar-refractivity contribution < 1.29 is 57.5 Å². The van der Waals surface area contributed by atoms with Crippen LogP contribution in [-0.2, 0) is 52.4 Å². The van der Waals surface area contributed by atoms with E-state index in [4.69, 9.17) is 28.4 Å². The Morgan fingerprint density at radius 2 is 1.36 bits per heavy atom. The van der Waals surface area contributed by atoms with Crippen molar-refractivity contribution in [2.75, 3.05) is 6.61 Å². The van der Waals surface area contributed by atoms with Crippen LogP contribution in [0.3, 0.4) is 0 Å². The molecule has 4 rings (SSSR count). The summed E-state index contributed by atoms with van der Waals surface area (Å²) in [4.78, 5) is 62.2. The van der Waals surface area contributed by atoms with Crippen molar-refractivity contribution in [3.8, 4) is 0 Å². The maximum Gasteiger partial charge on any atom is 0.303 e. The van der Waals surface area contributed by atoms with Gasteiger partial charge in [-0.3, -0.25) is 24.0 Å². The minimum absolute atomic E-state index is 0.136. The fourth-order valence-corrected chi connectivity index (χ4v) is 8.15. The zero-order chi connectivity index (χ0) is 31.5. The van der Waals surface area contributed by atoms with E-state index >= 15 is 0 Å². The molecule has 12 nitrogen and oxygen atoms in total. The number of esters is 5. The molecular weight excluding hydrogens is 552 g/mol. The lowest BCUT2D eigenvalue weighted by atomic mass is 9.53. The van der Waals surface area contributed by atoms with Crippen molar-refractivity contribution in [2.45, 2.75) is 110 Å². The van der Waals surface area contributed by atoms with Crippen LogP contribution in [0.5, 0.6) is 0 Å². The van der Waals surface area contributed by atoms with E-state index in [1.54, 1.807) is 20.8 Å². The summed E-state index contributed by atoms with van der Waals surface area (Å²) in [5.41, 5.74) is -2.90. The normalized spacial score (nSPS) is 40.2. The maximum absolute atomic E-state index is 12.7. The third kappa shape index (κ3) is 4.72. The quantitative estimate of drug-likeness (QED) is 0.272. The Bertz CT molecular complexity index is 1250. The topological polar surface area (TPSA) is 161 Å². The summed E-state index contributed by atoms with van der Waals surface area (Å²) in [7, 11) is 0.